The van der Waals surface area contributed by atoms with E-state index in [9.17, 15) is 31.2 Å². The van der Waals surface area contributed by atoms with E-state index in [1.54, 1.807) is 22.6 Å². The number of hydrogen-bond acceptors (Lipinski definition) is 5. The fourth-order valence-corrected chi connectivity index (χ4v) is 4.42. The molecule has 0 aromatic heterocycles. The first-order chi connectivity index (χ1) is 13.3. The number of rotatable bonds is 7. The van der Waals surface area contributed by atoms with Crippen LogP contribution in [0.2, 0.25) is 0 Å². The van der Waals surface area contributed by atoms with Crippen LogP contribution in [0.25, 0.3) is 0 Å². The Morgan fingerprint density at radius 2 is 2.14 bits per heavy atom. The Labute approximate surface area is 181 Å². The van der Waals surface area contributed by atoms with Gasteiger partial charge in [0.05, 0.1) is 18.0 Å². The van der Waals surface area contributed by atoms with Gasteiger partial charge < -0.3 is 16.0 Å². The smallest absolute Gasteiger partial charge is 0.258 e. The van der Waals surface area contributed by atoms with Crippen molar-refractivity contribution < 1.29 is 31.2 Å². The van der Waals surface area contributed by atoms with E-state index in [1.165, 1.54) is 0 Å². The van der Waals surface area contributed by atoms with Crippen molar-refractivity contribution in [1.29, 1.82) is 0 Å². The summed E-state index contributed by atoms with van der Waals surface area (Å²) in [5.41, 5.74) is 0. The summed E-state index contributed by atoms with van der Waals surface area (Å²) < 4.78 is 65.6. The second-order valence-electron chi connectivity index (χ2n) is 7.30. The number of hydrogen-bond donors (Lipinski definition) is 3. The molecule has 0 aromatic carbocycles. The van der Waals surface area contributed by atoms with Gasteiger partial charge in [-0.15, -0.1) is 0 Å². The topological polar surface area (TPSA) is 104 Å². The van der Waals surface area contributed by atoms with Crippen LogP contribution in [0, 0.1) is 11.8 Å². The first-order valence-electron chi connectivity index (χ1n) is 8.92. The van der Waals surface area contributed by atoms with Gasteiger partial charge in [-0.05, 0) is 45.1 Å². The second kappa shape index (κ2) is 9.33. The van der Waals surface area contributed by atoms with Gasteiger partial charge in [0.2, 0.25) is 26.8 Å². The van der Waals surface area contributed by atoms with Gasteiger partial charge in [0.1, 0.15) is 0 Å². The molecule has 0 aliphatic carbocycles. The van der Waals surface area contributed by atoms with Crippen LogP contribution in [0.5, 0.6) is 0 Å². The molecular formula is C17H23F3IN3O4S. The van der Waals surface area contributed by atoms with Crippen LogP contribution in [0.3, 0.4) is 0 Å². The average Bonchev–Trinajstić information content (AvgIpc) is 2.97. The molecule has 2 aliphatic heterocycles. The normalized spacial score (nSPS) is 28.5. The lowest BCUT2D eigenvalue weighted by Crippen LogP contribution is -2.57. The number of halogens is 4. The number of sulfone groups is 1. The molecule has 164 valence electrons. The largest absolute Gasteiger partial charge is 0.356 e. The number of carbonyl (C=O) groups is 2. The molecule has 2 aliphatic rings. The van der Waals surface area contributed by atoms with Crippen molar-refractivity contribution in [2.75, 3.05) is 19.3 Å². The van der Waals surface area contributed by atoms with Gasteiger partial charge in [-0.25, -0.2) is 17.2 Å². The zero-order valence-electron chi connectivity index (χ0n) is 15.7. The molecule has 0 spiro atoms. The van der Waals surface area contributed by atoms with Crippen molar-refractivity contribution >= 4 is 44.2 Å². The molecule has 12 heteroatoms. The van der Waals surface area contributed by atoms with Crippen molar-refractivity contribution in [1.82, 2.24) is 16.0 Å². The van der Waals surface area contributed by atoms with Crippen LogP contribution in [0.4, 0.5) is 13.2 Å². The standard InChI is InChI=1S/C17H23F3IN3O4S/c1-9(21)12-8-23-13(7-17(12,19)20)16(26)24-11(6-14(18)29(2,27)28)5-10-3-4-22-15(10)25/h6,10-13,23H,1,3-5,7-8H2,2H3,(H,22,25)(H,24,26)/b14-6+/t10-,11-,12?,13-/m0/s1. The maximum Gasteiger partial charge on any atom is 0.258 e. The van der Waals surface area contributed by atoms with Gasteiger partial charge in [0, 0.05) is 31.7 Å². The van der Waals surface area contributed by atoms with Crippen LogP contribution < -0.4 is 16.0 Å². The molecule has 2 saturated heterocycles. The fourth-order valence-electron chi connectivity index (χ4n) is 3.33. The van der Waals surface area contributed by atoms with Crippen molar-refractivity contribution in [3.8, 4) is 0 Å². The minimum atomic E-state index is -4.14. The van der Waals surface area contributed by atoms with E-state index in [4.69, 9.17) is 0 Å². The molecule has 2 heterocycles. The molecule has 0 saturated carbocycles. The van der Waals surface area contributed by atoms with Crippen molar-refractivity contribution in [2.24, 2.45) is 11.8 Å². The molecule has 2 rings (SSSR count). The number of amides is 2. The highest BCUT2D eigenvalue weighted by Gasteiger charge is 2.48. The van der Waals surface area contributed by atoms with Crippen molar-refractivity contribution in [3.05, 3.63) is 21.4 Å². The van der Waals surface area contributed by atoms with Gasteiger partial charge in [0.15, 0.2) is 0 Å². The maximum absolute atomic E-state index is 14.3. The summed E-state index contributed by atoms with van der Waals surface area (Å²) in [5, 5.41) is 6.27. The van der Waals surface area contributed by atoms with E-state index in [0.717, 1.165) is 0 Å². The Morgan fingerprint density at radius 1 is 1.48 bits per heavy atom. The number of carbonyl (C=O) groups excluding carboxylic acids is 2. The van der Waals surface area contributed by atoms with Crippen LogP contribution in [-0.2, 0) is 19.4 Å². The van der Waals surface area contributed by atoms with Crippen LogP contribution in [0.1, 0.15) is 19.3 Å². The molecule has 0 radical (unpaired) electrons. The molecule has 2 fully saturated rings. The quantitative estimate of drug-likeness (QED) is 0.417. The lowest BCUT2D eigenvalue weighted by molar-refractivity contribution is -0.132. The highest BCUT2D eigenvalue weighted by Crippen LogP contribution is 2.38. The SMILES string of the molecule is C=C(I)C1CN[C@H](C(=O)N[C@H](/C=C(\F)S(C)(=O)=O)C[C@@H]2CCNC2=O)CC1(F)F. The van der Waals surface area contributed by atoms with E-state index in [2.05, 4.69) is 22.5 Å². The lowest BCUT2D eigenvalue weighted by Gasteiger charge is -2.36. The molecule has 0 aromatic rings. The third kappa shape index (κ3) is 6.41. The van der Waals surface area contributed by atoms with Crippen molar-refractivity contribution in [3.63, 3.8) is 0 Å². The third-order valence-electron chi connectivity index (χ3n) is 4.96. The summed E-state index contributed by atoms with van der Waals surface area (Å²) in [6, 6.07) is -2.38. The summed E-state index contributed by atoms with van der Waals surface area (Å²) in [6.45, 7) is 3.80. The number of piperidine rings is 1. The van der Waals surface area contributed by atoms with Gasteiger partial charge in [-0.3, -0.25) is 9.59 Å². The summed E-state index contributed by atoms with van der Waals surface area (Å²) in [6.07, 6.45) is 0.992. The zero-order chi connectivity index (χ0) is 22.0. The van der Waals surface area contributed by atoms with Crippen molar-refractivity contribution in [2.45, 2.75) is 37.3 Å². The fraction of sp³-hybridized carbons (Fsp3) is 0.647. The predicted octanol–water partition coefficient (Wildman–Crippen LogP) is 1.41. The van der Waals surface area contributed by atoms with E-state index < -0.39 is 57.2 Å². The Kier molecular flexibility index (Phi) is 7.76. The van der Waals surface area contributed by atoms with Gasteiger partial charge >= 0.3 is 0 Å². The van der Waals surface area contributed by atoms with E-state index in [0.29, 0.717) is 25.3 Å². The maximum atomic E-state index is 14.3. The van der Waals surface area contributed by atoms with Gasteiger partial charge in [-0.1, -0.05) is 6.58 Å². The van der Waals surface area contributed by atoms with E-state index >= 15 is 0 Å². The predicted molar refractivity (Wildman–Crippen MR) is 110 cm³/mol. The number of nitrogens with one attached hydrogen (secondary N) is 3. The molecule has 1 unspecified atom stereocenters. The Bertz CT molecular complexity index is 819. The van der Waals surface area contributed by atoms with Crippen LogP contribution in [0.15, 0.2) is 21.4 Å². The molecule has 7 nitrogen and oxygen atoms in total. The second-order valence-corrected chi connectivity index (χ2v) is 10.6. The molecule has 0 bridgehead atoms. The lowest BCUT2D eigenvalue weighted by atomic mass is 9.90. The minimum absolute atomic E-state index is 0.0448. The highest BCUT2D eigenvalue weighted by molar-refractivity contribution is 14.1. The molecule has 4 atom stereocenters. The zero-order valence-corrected chi connectivity index (χ0v) is 18.7. The molecule has 3 N–H and O–H groups in total. The Balaban J connectivity index is 2.14. The van der Waals surface area contributed by atoms with E-state index in [-0.39, 0.29) is 22.5 Å². The monoisotopic (exact) mass is 549 g/mol. The highest BCUT2D eigenvalue weighted by atomic mass is 127. The minimum Gasteiger partial charge on any atom is -0.356 e. The molecule has 29 heavy (non-hydrogen) atoms. The molecular weight excluding hydrogens is 526 g/mol. The summed E-state index contributed by atoms with van der Waals surface area (Å²) in [5.74, 6) is -5.92. The summed E-state index contributed by atoms with van der Waals surface area (Å²) >= 11 is 1.72. The number of alkyl halides is 2. The van der Waals surface area contributed by atoms with Crippen LogP contribution >= 0.6 is 22.6 Å². The Morgan fingerprint density at radius 3 is 2.62 bits per heavy atom. The summed E-state index contributed by atoms with van der Waals surface area (Å²) in [7, 11) is -4.14. The van der Waals surface area contributed by atoms with Gasteiger partial charge in [0.25, 0.3) is 5.92 Å². The van der Waals surface area contributed by atoms with E-state index in [1.807, 2.05) is 0 Å². The first kappa shape index (κ1) is 24.1. The van der Waals surface area contributed by atoms with Gasteiger partial charge in [-0.2, -0.15) is 4.39 Å². The molecule has 2 amide bonds. The average molecular weight is 549 g/mol. The van der Waals surface area contributed by atoms with Crippen LogP contribution in [-0.4, -0.2) is 57.6 Å². The first-order valence-corrected chi connectivity index (χ1v) is 11.9. The summed E-state index contributed by atoms with van der Waals surface area (Å²) in [4.78, 5) is 24.3. The third-order valence-corrected chi connectivity index (χ3v) is 6.56. The Hall–Kier alpha value is -1.15.